The van der Waals surface area contributed by atoms with E-state index in [0.717, 1.165) is 24.3 Å². The van der Waals surface area contributed by atoms with Gasteiger partial charge in [-0.2, -0.15) is 13.2 Å². The predicted octanol–water partition coefficient (Wildman–Crippen LogP) is 5.94. The Morgan fingerprint density at radius 2 is 1.76 bits per heavy atom. The number of pyridine rings is 1. The van der Waals surface area contributed by atoms with Crippen LogP contribution in [-0.2, 0) is 18.0 Å². The van der Waals surface area contributed by atoms with E-state index in [4.69, 9.17) is 0 Å². The van der Waals surface area contributed by atoms with Gasteiger partial charge in [0, 0.05) is 43.0 Å². The van der Waals surface area contributed by atoms with Gasteiger partial charge in [-0.15, -0.1) is 0 Å². The number of hydrogen-bond acceptors (Lipinski definition) is 5. The number of amides is 1. The van der Waals surface area contributed by atoms with Crippen molar-refractivity contribution in [3.63, 3.8) is 0 Å². The van der Waals surface area contributed by atoms with Crippen LogP contribution in [0, 0.1) is 18.6 Å². The number of alkyl halides is 3. The molecular weight excluding hydrogens is 609 g/mol. The van der Waals surface area contributed by atoms with E-state index in [0.29, 0.717) is 36.2 Å². The summed E-state index contributed by atoms with van der Waals surface area (Å²) in [6, 6.07) is 9.93. The molecule has 0 aliphatic heterocycles. The van der Waals surface area contributed by atoms with Gasteiger partial charge in [-0.05, 0) is 67.8 Å². The SMILES string of the molecule is Cc1nc2cc(-c3cccn4c(C(=O)c5cc(F)c(NC(=O)/C=C/CNC6CC(O)C6)c(F)c5)ccc34)c(C(F)(F)F)cc2n1C. The third-order valence-electron chi connectivity index (χ3n) is 8.22. The molecular formula is C33H28F5N5O3. The van der Waals surface area contributed by atoms with Crippen LogP contribution in [0.5, 0.6) is 0 Å². The average Bonchev–Trinajstić information content (AvgIpc) is 3.54. The van der Waals surface area contributed by atoms with Crippen molar-refractivity contribution >= 4 is 33.9 Å². The van der Waals surface area contributed by atoms with Crippen molar-refractivity contribution in [2.45, 2.75) is 38.1 Å². The van der Waals surface area contributed by atoms with Crippen LogP contribution >= 0.6 is 0 Å². The number of aliphatic hydroxyl groups is 1. The van der Waals surface area contributed by atoms with Crippen molar-refractivity contribution in [2.75, 3.05) is 11.9 Å². The molecule has 0 saturated heterocycles. The molecule has 3 heterocycles. The minimum atomic E-state index is -4.70. The lowest BCUT2D eigenvalue weighted by atomic mass is 9.89. The fourth-order valence-corrected chi connectivity index (χ4v) is 5.66. The molecule has 1 aliphatic rings. The molecule has 0 spiro atoms. The first-order valence-corrected chi connectivity index (χ1v) is 14.4. The number of fused-ring (bicyclic) bond motifs is 2. The molecule has 1 aliphatic carbocycles. The van der Waals surface area contributed by atoms with Crippen LogP contribution in [0.25, 0.3) is 27.7 Å². The van der Waals surface area contributed by atoms with E-state index in [1.165, 1.54) is 47.0 Å². The zero-order chi connectivity index (χ0) is 32.9. The van der Waals surface area contributed by atoms with Gasteiger partial charge in [0.2, 0.25) is 11.7 Å². The van der Waals surface area contributed by atoms with Crippen molar-refractivity contribution in [3.8, 4) is 11.1 Å². The Kier molecular flexibility index (Phi) is 7.99. The summed E-state index contributed by atoms with van der Waals surface area (Å²) in [6.07, 6.45) is 0.264. The van der Waals surface area contributed by atoms with Crippen LogP contribution in [0.3, 0.4) is 0 Å². The summed E-state index contributed by atoms with van der Waals surface area (Å²) >= 11 is 0. The molecule has 1 amide bonds. The van der Waals surface area contributed by atoms with Crippen molar-refractivity contribution in [3.05, 3.63) is 101 Å². The van der Waals surface area contributed by atoms with E-state index in [9.17, 15) is 36.6 Å². The minimum Gasteiger partial charge on any atom is -0.393 e. The maximum Gasteiger partial charge on any atom is 0.417 e. The molecule has 3 N–H and O–H groups in total. The molecule has 1 fully saturated rings. The van der Waals surface area contributed by atoms with Gasteiger partial charge in [-0.3, -0.25) is 9.59 Å². The molecule has 2 aromatic carbocycles. The van der Waals surface area contributed by atoms with Gasteiger partial charge in [0.25, 0.3) is 0 Å². The van der Waals surface area contributed by atoms with E-state index < -0.39 is 40.8 Å². The number of carbonyl (C=O) groups is 2. The number of hydrogen-bond donors (Lipinski definition) is 3. The van der Waals surface area contributed by atoms with Gasteiger partial charge in [-0.1, -0.05) is 12.1 Å². The summed E-state index contributed by atoms with van der Waals surface area (Å²) in [5.74, 6) is -3.39. The van der Waals surface area contributed by atoms with Gasteiger partial charge in [0.05, 0.1) is 33.9 Å². The zero-order valence-corrected chi connectivity index (χ0v) is 24.6. The Balaban J connectivity index is 1.28. The predicted molar refractivity (Wildman–Crippen MR) is 161 cm³/mol. The number of rotatable bonds is 8. The second-order valence-electron chi connectivity index (χ2n) is 11.3. The number of benzene rings is 2. The lowest BCUT2D eigenvalue weighted by molar-refractivity contribution is -0.137. The standard InChI is InChI=1S/C33H28F5N5O3/c1-17-40-26-15-22(23(33(36,37)38)16-29(26)42(17)2)21-5-4-10-43-27(21)7-8-28(43)32(46)18-11-24(34)31(25(35)12-18)41-30(45)6-3-9-39-19-13-20(44)14-19/h3-8,10-12,15-16,19-20,39,44H,9,13-14H2,1-2H3,(H,41,45)/b6-3+. The number of aromatic nitrogens is 3. The van der Waals surface area contributed by atoms with Crippen LogP contribution in [0.2, 0.25) is 0 Å². The first-order valence-electron chi connectivity index (χ1n) is 14.4. The van der Waals surface area contributed by atoms with Crippen molar-refractivity contribution in [1.29, 1.82) is 0 Å². The number of carbonyl (C=O) groups excluding carboxylic acids is 2. The van der Waals surface area contributed by atoms with Gasteiger partial charge in [0.1, 0.15) is 23.1 Å². The molecule has 6 rings (SSSR count). The monoisotopic (exact) mass is 637 g/mol. The number of aliphatic hydroxyl groups excluding tert-OH is 1. The fraction of sp³-hybridized carbons (Fsp3) is 0.242. The second kappa shape index (κ2) is 11.8. The lowest BCUT2D eigenvalue weighted by Crippen LogP contribution is -2.44. The van der Waals surface area contributed by atoms with Crippen LogP contribution in [0.4, 0.5) is 27.6 Å². The maximum absolute atomic E-state index is 15.0. The molecule has 0 atom stereocenters. The van der Waals surface area contributed by atoms with Gasteiger partial charge in [0.15, 0.2) is 0 Å². The topological polar surface area (TPSA) is 101 Å². The number of anilines is 1. The van der Waals surface area contributed by atoms with Gasteiger partial charge < -0.3 is 24.7 Å². The molecule has 8 nitrogen and oxygen atoms in total. The van der Waals surface area contributed by atoms with Crippen LogP contribution in [-0.4, -0.2) is 49.4 Å². The molecule has 0 bridgehead atoms. The normalized spacial score (nSPS) is 16.8. The molecule has 5 aromatic rings. The van der Waals surface area contributed by atoms with Gasteiger partial charge >= 0.3 is 6.18 Å². The number of nitrogens with one attached hydrogen (secondary N) is 2. The highest BCUT2D eigenvalue weighted by atomic mass is 19.4. The van der Waals surface area contributed by atoms with Gasteiger partial charge in [-0.25, -0.2) is 13.8 Å². The second-order valence-corrected chi connectivity index (χ2v) is 11.3. The highest BCUT2D eigenvalue weighted by Gasteiger charge is 2.35. The highest BCUT2D eigenvalue weighted by Crippen LogP contribution is 2.41. The molecule has 1 saturated carbocycles. The van der Waals surface area contributed by atoms with E-state index in [1.54, 1.807) is 18.5 Å². The van der Waals surface area contributed by atoms with E-state index in [1.807, 2.05) is 0 Å². The number of halogens is 5. The zero-order valence-electron chi connectivity index (χ0n) is 24.6. The van der Waals surface area contributed by atoms with E-state index >= 15 is 0 Å². The van der Waals surface area contributed by atoms with Crippen molar-refractivity contribution in [1.82, 2.24) is 19.3 Å². The molecule has 0 unspecified atom stereocenters. The Labute approximate surface area is 259 Å². The number of nitrogens with zero attached hydrogens (tertiary/aromatic N) is 3. The third-order valence-corrected chi connectivity index (χ3v) is 8.22. The number of ketones is 1. The summed E-state index contributed by atoms with van der Waals surface area (Å²) in [7, 11) is 1.63. The Bertz CT molecular complexity index is 2020. The van der Waals surface area contributed by atoms with Crippen LogP contribution < -0.4 is 10.6 Å². The Hall–Kier alpha value is -4.88. The summed E-state index contributed by atoms with van der Waals surface area (Å²) < 4.78 is 75.7. The first-order chi connectivity index (χ1) is 21.8. The number of aryl methyl sites for hydroxylation is 2. The summed E-state index contributed by atoms with van der Waals surface area (Å²) in [5.41, 5.74) is -1.01. The molecule has 3 aromatic heterocycles. The fourth-order valence-electron chi connectivity index (χ4n) is 5.66. The van der Waals surface area contributed by atoms with Crippen molar-refractivity contribution in [2.24, 2.45) is 7.05 Å². The minimum absolute atomic E-state index is 0.0369. The Morgan fingerprint density at radius 3 is 2.43 bits per heavy atom. The van der Waals surface area contributed by atoms with E-state index in [2.05, 4.69) is 15.6 Å². The quantitative estimate of drug-likeness (QED) is 0.111. The smallest absolute Gasteiger partial charge is 0.393 e. The number of imidazole rings is 1. The summed E-state index contributed by atoms with van der Waals surface area (Å²) in [5, 5.41) is 14.5. The molecule has 0 radical (unpaired) electrons. The summed E-state index contributed by atoms with van der Waals surface area (Å²) in [4.78, 5) is 30.1. The first kappa shape index (κ1) is 31.1. The van der Waals surface area contributed by atoms with Crippen molar-refractivity contribution < 1.29 is 36.6 Å². The van der Waals surface area contributed by atoms with Crippen LogP contribution in [0.15, 0.2) is 66.9 Å². The summed E-state index contributed by atoms with van der Waals surface area (Å²) in [6.45, 7) is 2.01. The maximum atomic E-state index is 15.0. The molecule has 13 heteroatoms. The average molecular weight is 638 g/mol. The third kappa shape index (κ3) is 5.79. The Morgan fingerprint density at radius 1 is 1.04 bits per heavy atom. The molecule has 238 valence electrons. The highest BCUT2D eigenvalue weighted by molar-refractivity contribution is 6.09. The van der Waals surface area contributed by atoms with E-state index in [-0.39, 0.29) is 40.0 Å². The largest absolute Gasteiger partial charge is 0.417 e. The molecule has 46 heavy (non-hydrogen) atoms. The lowest BCUT2D eigenvalue weighted by Gasteiger charge is -2.31. The van der Waals surface area contributed by atoms with Crippen LogP contribution in [0.1, 0.15) is 40.3 Å².